The lowest BCUT2D eigenvalue weighted by molar-refractivity contribution is -0.121. The molecule has 40 heavy (non-hydrogen) atoms. The molecule has 0 spiro atoms. The predicted molar refractivity (Wildman–Crippen MR) is 158 cm³/mol. The maximum atomic E-state index is 15.0. The minimum absolute atomic E-state index is 0.0186. The van der Waals surface area contributed by atoms with Gasteiger partial charge in [-0.1, -0.05) is 92.2 Å². The van der Waals surface area contributed by atoms with Crippen molar-refractivity contribution in [3.8, 4) is 17.2 Å². The third-order valence-electron chi connectivity index (χ3n) is 6.99. The van der Waals surface area contributed by atoms with E-state index in [4.69, 9.17) is 14.2 Å². The highest BCUT2D eigenvalue weighted by molar-refractivity contribution is 6.23. The number of ketones is 2. The van der Waals surface area contributed by atoms with Crippen molar-refractivity contribution in [2.24, 2.45) is 0 Å². The van der Waals surface area contributed by atoms with Gasteiger partial charge in [-0.25, -0.2) is 0 Å². The number of para-hydroxylation sites is 3. The maximum absolute atomic E-state index is 15.0. The Kier molecular flexibility index (Phi) is 9.74. The first kappa shape index (κ1) is 28.6. The van der Waals surface area contributed by atoms with Gasteiger partial charge in [0.05, 0.1) is 25.9 Å². The molecule has 5 heteroatoms. The summed E-state index contributed by atoms with van der Waals surface area (Å²) in [5, 5.41) is 0. The minimum atomic E-state index is -1.71. The van der Waals surface area contributed by atoms with Crippen LogP contribution in [-0.2, 0) is 16.6 Å². The Hall–Kier alpha value is -4.38. The molecule has 0 aliphatic heterocycles. The summed E-state index contributed by atoms with van der Waals surface area (Å²) in [5.41, 5.74) is 0.400. The Morgan fingerprint density at radius 2 is 1.32 bits per heavy atom. The van der Waals surface area contributed by atoms with Crippen LogP contribution in [0, 0.1) is 0 Å². The van der Waals surface area contributed by atoms with Crippen LogP contribution in [0.3, 0.4) is 0 Å². The van der Waals surface area contributed by atoms with Gasteiger partial charge in [-0.2, -0.15) is 0 Å². The lowest BCUT2D eigenvalue weighted by atomic mass is 9.65. The first-order chi connectivity index (χ1) is 19.6. The zero-order chi connectivity index (χ0) is 28.4. The topological polar surface area (TPSA) is 61.8 Å². The zero-order valence-electron chi connectivity index (χ0n) is 23.4. The maximum Gasteiger partial charge on any atom is 0.189 e. The third-order valence-corrected chi connectivity index (χ3v) is 6.99. The number of ether oxygens (including phenoxy) is 3. The van der Waals surface area contributed by atoms with Crippen LogP contribution in [0.25, 0.3) is 0 Å². The first-order valence-electron chi connectivity index (χ1n) is 13.8. The molecule has 0 fully saturated rings. The normalized spacial score (nSPS) is 12.3. The largest absolute Gasteiger partial charge is 0.496 e. The zero-order valence-corrected chi connectivity index (χ0v) is 23.4. The van der Waals surface area contributed by atoms with Gasteiger partial charge in [-0.05, 0) is 43.2 Å². The summed E-state index contributed by atoms with van der Waals surface area (Å²) in [6.45, 7) is 4.93. The van der Waals surface area contributed by atoms with Crippen molar-refractivity contribution in [2.45, 2.75) is 38.5 Å². The molecule has 0 bridgehead atoms. The molecule has 5 nitrogen and oxygen atoms in total. The minimum Gasteiger partial charge on any atom is -0.496 e. The summed E-state index contributed by atoms with van der Waals surface area (Å²) >= 11 is 0. The standard InChI is InChI=1S/C35H36O5/c1-4-6-24-40-32-23-15-12-20-29(32)35(27-17-8-7-9-18-27,34(37)28-19-11-14-22-31(28)38-3)33(36)25-26-16-10-13-21-30(26)39-5-2/h7-23H,4-6,24-25H2,1-3H3. The van der Waals surface area contributed by atoms with Gasteiger partial charge in [0.2, 0.25) is 0 Å². The highest BCUT2D eigenvalue weighted by Crippen LogP contribution is 2.44. The van der Waals surface area contributed by atoms with Gasteiger partial charge in [-0.15, -0.1) is 0 Å². The molecule has 0 saturated heterocycles. The van der Waals surface area contributed by atoms with Crippen LogP contribution in [0.4, 0.5) is 0 Å². The summed E-state index contributed by atoms with van der Waals surface area (Å²) in [4.78, 5) is 29.9. The summed E-state index contributed by atoms with van der Waals surface area (Å²) in [6.07, 6.45) is 1.79. The summed E-state index contributed by atoms with van der Waals surface area (Å²) in [5.74, 6) is 0.876. The number of rotatable bonds is 14. The van der Waals surface area contributed by atoms with Crippen LogP contribution < -0.4 is 14.2 Å². The quantitative estimate of drug-likeness (QED) is 0.0965. The molecule has 206 valence electrons. The van der Waals surface area contributed by atoms with E-state index >= 15 is 0 Å². The molecule has 0 amide bonds. The highest BCUT2D eigenvalue weighted by atomic mass is 16.5. The van der Waals surface area contributed by atoms with E-state index in [1.54, 1.807) is 18.2 Å². The van der Waals surface area contributed by atoms with E-state index in [9.17, 15) is 9.59 Å². The lowest BCUT2D eigenvalue weighted by Crippen LogP contribution is -2.46. The second-order valence-corrected chi connectivity index (χ2v) is 9.48. The van der Waals surface area contributed by atoms with E-state index in [0.717, 1.165) is 12.8 Å². The number of Topliss-reactive ketones (excluding diaryl/α,β-unsaturated/α-hetero) is 2. The number of unbranched alkanes of at least 4 members (excludes halogenated alkanes) is 1. The number of benzene rings is 4. The molecule has 4 aromatic rings. The molecular formula is C35H36O5. The molecule has 4 rings (SSSR count). The second-order valence-electron chi connectivity index (χ2n) is 9.48. The van der Waals surface area contributed by atoms with Crippen molar-refractivity contribution < 1.29 is 23.8 Å². The van der Waals surface area contributed by atoms with Gasteiger partial charge in [0.1, 0.15) is 22.7 Å². The fourth-order valence-electron chi connectivity index (χ4n) is 5.05. The Morgan fingerprint density at radius 3 is 2.02 bits per heavy atom. The van der Waals surface area contributed by atoms with Crippen LogP contribution in [-0.4, -0.2) is 31.9 Å². The monoisotopic (exact) mass is 536 g/mol. The van der Waals surface area contributed by atoms with E-state index in [1.165, 1.54) is 7.11 Å². The number of hydrogen-bond donors (Lipinski definition) is 0. The van der Waals surface area contributed by atoms with E-state index < -0.39 is 5.41 Å². The van der Waals surface area contributed by atoms with E-state index in [0.29, 0.717) is 52.7 Å². The lowest BCUT2D eigenvalue weighted by Gasteiger charge is -2.34. The smallest absolute Gasteiger partial charge is 0.189 e. The fourth-order valence-corrected chi connectivity index (χ4v) is 5.05. The van der Waals surface area contributed by atoms with Gasteiger partial charge in [0.25, 0.3) is 0 Å². The van der Waals surface area contributed by atoms with E-state index in [-0.39, 0.29) is 18.0 Å². The van der Waals surface area contributed by atoms with Crippen molar-refractivity contribution >= 4 is 11.6 Å². The molecule has 0 radical (unpaired) electrons. The van der Waals surface area contributed by atoms with Gasteiger partial charge < -0.3 is 14.2 Å². The van der Waals surface area contributed by atoms with Crippen LogP contribution in [0.15, 0.2) is 103 Å². The van der Waals surface area contributed by atoms with Crippen LogP contribution in [0.2, 0.25) is 0 Å². The molecule has 0 N–H and O–H groups in total. The molecule has 4 aromatic carbocycles. The molecule has 0 aliphatic carbocycles. The third kappa shape index (κ3) is 5.79. The van der Waals surface area contributed by atoms with Crippen molar-refractivity contribution in [1.29, 1.82) is 0 Å². The molecule has 0 saturated carbocycles. The predicted octanol–water partition coefficient (Wildman–Crippen LogP) is 7.25. The van der Waals surface area contributed by atoms with Gasteiger partial charge in [-0.3, -0.25) is 9.59 Å². The molecule has 1 atom stereocenters. The number of carbonyl (C=O) groups excluding carboxylic acids is 2. The van der Waals surface area contributed by atoms with Crippen LogP contribution >= 0.6 is 0 Å². The molecule has 1 unspecified atom stereocenters. The average Bonchev–Trinajstić information content (AvgIpc) is 3.00. The Bertz CT molecular complexity index is 1430. The van der Waals surface area contributed by atoms with E-state index in [1.807, 2.05) is 91.9 Å². The van der Waals surface area contributed by atoms with Crippen molar-refractivity contribution in [3.63, 3.8) is 0 Å². The SMILES string of the molecule is CCCCOc1ccccc1C(C(=O)Cc1ccccc1OCC)(C(=O)c1ccccc1OC)c1ccccc1. The van der Waals surface area contributed by atoms with Gasteiger partial charge >= 0.3 is 0 Å². The van der Waals surface area contributed by atoms with Crippen molar-refractivity contribution in [3.05, 3.63) is 125 Å². The number of methoxy groups -OCH3 is 1. The summed E-state index contributed by atoms with van der Waals surface area (Å²) < 4.78 is 17.7. The molecule has 0 aliphatic rings. The Morgan fingerprint density at radius 1 is 0.700 bits per heavy atom. The average molecular weight is 537 g/mol. The fraction of sp³-hybridized carbons (Fsp3) is 0.257. The Balaban J connectivity index is 2.02. The van der Waals surface area contributed by atoms with Gasteiger partial charge in [0, 0.05) is 17.5 Å². The number of hydrogen-bond acceptors (Lipinski definition) is 5. The van der Waals surface area contributed by atoms with Crippen LogP contribution in [0.5, 0.6) is 17.2 Å². The van der Waals surface area contributed by atoms with E-state index in [2.05, 4.69) is 6.92 Å². The molecule has 0 heterocycles. The van der Waals surface area contributed by atoms with Crippen molar-refractivity contribution in [1.82, 2.24) is 0 Å². The first-order valence-corrected chi connectivity index (χ1v) is 13.8. The number of carbonyl (C=O) groups is 2. The van der Waals surface area contributed by atoms with Gasteiger partial charge in [0.15, 0.2) is 11.6 Å². The molecular weight excluding hydrogens is 500 g/mol. The highest BCUT2D eigenvalue weighted by Gasteiger charge is 2.51. The van der Waals surface area contributed by atoms with Crippen molar-refractivity contribution in [2.75, 3.05) is 20.3 Å². The summed E-state index contributed by atoms with van der Waals surface area (Å²) in [7, 11) is 1.53. The van der Waals surface area contributed by atoms with Crippen LogP contribution in [0.1, 0.15) is 53.7 Å². The molecule has 0 aromatic heterocycles. The summed E-state index contributed by atoms with van der Waals surface area (Å²) in [6, 6.07) is 31.1. The Labute approximate surface area is 236 Å². The second kappa shape index (κ2) is 13.6.